The molecule has 0 saturated heterocycles. The largest absolute Gasteiger partial charge is 0.322 e. The standard InChI is InChI=1S/C7H8N4/c8-9-6-10-11-7-4-2-1-3-5-7/h1-6H,8H2. The molecule has 2 N–H and O–H groups in total. The van der Waals surface area contributed by atoms with Gasteiger partial charge in [0.15, 0.2) is 6.34 Å². The molecule has 0 radical (unpaired) electrons. The van der Waals surface area contributed by atoms with E-state index in [1.807, 2.05) is 30.3 Å². The molecule has 0 amide bonds. The predicted molar refractivity (Wildman–Crippen MR) is 43.6 cm³/mol. The molecule has 0 bridgehead atoms. The van der Waals surface area contributed by atoms with Gasteiger partial charge in [-0.15, -0.1) is 10.2 Å². The fourth-order valence-corrected chi connectivity index (χ4v) is 0.617. The molecule has 11 heavy (non-hydrogen) atoms. The van der Waals surface area contributed by atoms with E-state index in [1.54, 1.807) is 0 Å². The van der Waals surface area contributed by atoms with Crippen molar-refractivity contribution in [2.24, 2.45) is 21.2 Å². The summed E-state index contributed by atoms with van der Waals surface area (Å²) in [6.07, 6.45) is 1.19. The van der Waals surface area contributed by atoms with Crippen molar-refractivity contribution < 1.29 is 0 Å². The average molecular weight is 148 g/mol. The molecule has 1 rings (SSSR count). The van der Waals surface area contributed by atoms with Crippen molar-refractivity contribution in [1.82, 2.24) is 0 Å². The molecule has 0 atom stereocenters. The third kappa shape index (κ3) is 2.57. The molecule has 1 aromatic rings. The monoisotopic (exact) mass is 148 g/mol. The van der Waals surface area contributed by atoms with Crippen LogP contribution in [0.1, 0.15) is 0 Å². The zero-order valence-electron chi connectivity index (χ0n) is 5.88. The first-order chi connectivity index (χ1) is 5.43. The summed E-state index contributed by atoms with van der Waals surface area (Å²) >= 11 is 0. The Kier molecular flexibility index (Phi) is 2.80. The van der Waals surface area contributed by atoms with E-state index in [2.05, 4.69) is 15.3 Å². The van der Waals surface area contributed by atoms with Crippen LogP contribution >= 0.6 is 0 Å². The number of hydrazone groups is 1. The minimum absolute atomic E-state index is 0.785. The van der Waals surface area contributed by atoms with Gasteiger partial charge in [-0.05, 0) is 12.1 Å². The number of nitrogens with two attached hydrogens (primary N) is 1. The van der Waals surface area contributed by atoms with Gasteiger partial charge in [0, 0.05) is 0 Å². The summed E-state index contributed by atoms with van der Waals surface area (Å²) in [7, 11) is 0. The van der Waals surface area contributed by atoms with Crippen LogP contribution in [0.4, 0.5) is 5.69 Å². The fraction of sp³-hybridized carbons (Fsp3) is 0. The van der Waals surface area contributed by atoms with Gasteiger partial charge < -0.3 is 5.84 Å². The first-order valence-electron chi connectivity index (χ1n) is 3.11. The van der Waals surface area contributed by atoms with Crippen molar-refractivity contribution >= 4 is 12.0 Å². The Morgan fingerprint density at radius 1 is 1.18 bits per heavy atom. The van der Waals surface area contributed by atoms with Crippen molar-refractivity contribution in [2.75, 3.05) is 0 Å². The molecule has 4 nitrogen and oxygen atoms in total. The highest BCUT2D eigenvalue weighted by Gasteiger charge is 1.81. The van der Waals surface area contributed by atoms with Gasteiger partial charge in [-0.25, -0.2) is 0 Å². The van der Waals surface area contributed by atoms with Crippen molar-refractivity contribution in [3.05, 3.63) is 30.3 Å². The van der Waals surface area contributed by atoms with Gasteiger partial charge in [0.2, 0.25) is 0 Å². The summed E-state index contributed by atoms with van der Waals surface area (Å²) in [5.41, 5.74) is 0.785. The Balaban J connectivity index is 2.64. The number of benzene rings is 1. The summed E-state index contributed by atoms with van der Waals surface area (Å²) in [6, 6.07) is 9.36. The molecule has 0 heterocycles. The van der Waals surface area contributed by atoms with Gasteiger partial charge in [-0.1, -0.05) is 18.2 Å². The van der Waals surface area contributed by atoms with Crippen LogP contribution in [-0.4, -0.2) is 6.34 Å². The lowest BCUT2D eigenvalue weighted by molar-refractivity contribution is 1.21. The topological polar surface area (TPSA) is 63.1 Å². The van der Waals surface area contributed by atoms with E-state index in [9.17, 15) is 0 Å². The summed E-state index contributed by atoms with van der Waals surface area (Å²) in [5, 5.41) is 10.5. The van der Waals surface area contributed by atoms with Crippen LogP contribution in [0.3, 0.4) is 0 Å². The predicted octanol–water partition coefficient (Wildman–Crippen LogP) is 1.67. The van der Waals surface area contributed by atoms with E-state index in [0.29, 0.717) is 0 Å². The molecule has 1 aromatic carbocycles. The third-order valence-electron chi connectivity index (χ3n) is 1.05. The van der Waals surface area contributed by atoms with Crippen molar-refractivity contribution in [3.8, 4) is 0 Å². The van der Waals surface area contributed by atoms with E-state index >= 15 is 0 Å². The van der Waals surface area contributed by atoms with Crippen LogP contribution in [0, 0.1) is 0 Å². The van der Waals surface area contributed by atoms with Gasteiger partial charge in [-0.3, -0.25) is 0 Å². The van der Waals surface area contributed by atoms with E-state index in [0.717, 1.165) is 5.69 Å². The van der Waals surface area contributed by atoms with Crippen LogP contribution < -0.4 is 5.84 Å². The van der Waals surface area contributed by atoms with Crippen LogP contribution in [0.25, 0.3) is 0 Å². The van der Waals surface area contributed by atoms with Gasteiger partial charge in [0.25, 0.3) is 0 Å². The normalized spacial score (nSPS) is 11.3. The van der Waals surface area contributed by atoms with Gasteiger partial charge >= 0.3 is 0 Å². The number of rotatable bonds is 2. The van der Waals surface area contributed by atoms with Crippen LogP contribution in [0.5, 0.6) is 0 Å². The third-order valence-corrected chi connectivity index (χ3v) is 1.05. The summed E-state index contributed by atoms with van der Waals surface area (Å²) in [5.74, 6) is 4.81. The van der Waals surface area contributed by atoms with E-state index in [4.69, 9.17) is 5.84 Å². The van der Waals surface area contributed by atoms with Crippen molar-refractivity contribution in [1.29, 1.82) is 0 Å². The molecule has 0 aliphatic carbocycles. The second-order valence-corrected chi connectivity index (χ2v) is 1.82. The molecular formula is C7H8N4. The number of hydrogen-bond donors (Lipinski definition) is 1. The number of azo groups is 1. The van der Waals surface area contributed by atoms with Crippen LogP contribution in [-0.2, 0) is 0 Å². The lowest BCUT2D eigenvalue weighted by atomic mass is 10.3. The molecule has 0 aromatic heterocycles. The molecule has 0 aliphatic rings. The lowest BCUT2D eigenvalue weighted by Crippen LogP contribution is -1.76. The Labute approximate surface area is 64.4 Å². The first kappa shape index (κ1) is 7.40. The fourth-order valence-electron chi connectivity index (χ4n) is 0.617. The molecule has 0 spiro atoms. The van der Waals surface area contributed by atoms with Gasteiger partial charge in [0.1, 0.15) is 0 Å². The smallest absolute Gasteiger partial charge is 0.157 e. The molecule has 0 unspecified atom stereocenters. The maximum absolute atomic E-state index is 4.81. The highest BCUT2D eigenvalue weighted by atomic mass is 15.2. The van der Waals surface area contributed by atoms with E-state index < -0.39 is 0 Å². The maximum Gasteiger partial charge on any atom is 0.157 e. The highest BCUT2D eigenvalue weighted by Crippen LogP contribution is 2.08. The summed E-state index contributed by atoms with van der Waals surface area (Å²) in [6.45, 7) is 0. The molecule has 0 saturated carbocycles. The van der Waals surface area contributed by atoms with Gasteiger partial charge in [0.05, 0.1) is 5.69 Å². The average Bonchev–Trinajstić information content (AvgIpc) is 2.07. The number of nitrogens with zero attached hydrogens (tertiary/aromatic N) is 3. The zero-order chi connectivity index (χ0) is 7.94. The highest BCUT2D eigenvalue weighted by molar-refractivity contribution is 5.54. The molecule has 0 fully saturated rings. The summed E-state index contributed by atoms with van der Waals surface area (Å²) in [4.78, 5) is 0. The SMILES string of the molecule is NN=CN=Nc1ccccc1. The second-order valence-electron chi connectivity index (χ2n) is 1.82. The lowest BCUT2D eigenvalue weighted by Gasteiger charge is -1.85. The Hall–Kier alpha value is -1.71. The molecule has 4 heteroatoms. The molecular weight excluding hydrogens is 140 g/mol. The Morgan fingerprint density at radius 3 is 2.55 bits per heavy atom. The van der Waals surface area contributed by atoms with Crippen molar-refractivity contribution in [2.45, 2.75) is 0 Å². The second kappa shape index (κ2) is 4.16. The minimum atomic E-state index is 0.785. The Bertz CT molecular complexity index is 252. The quantitative estimate of drug-likeness (QED) is 0.224. The van der Waals surface area contributed by atoms with Crippen LogP contribution in [0.15, 0.2) is 45.7 Å². The van der Waals surface area contributed by atoms with E-state index in [-0.39, 0.29) is 0 Å². The number of hydrogen-bond acceptors (Lipinski definition) is 3. The Morgan fingerprint density at radius 2 is 1.91 bits per heavy atom. The molecule has 56 valence electrons. The van der Waals surface area contributed by atoms with E-state index in [1.165, 1.54) is 6.34 Å². The minimum Gasteiger partial charge on any atom is -0.322 e. The zero-order valence-corrected chi connectivity index (χ0v) is 5.88. The van der Waals surface area contributed by atoms with Crippen LogP contribution in [0.2, 0.25) is 0 Å². The summed E-state index contributed by atoms with van der Waals surface area (Å²) < 4.78 is 0. The maximum atomic E-state index is 4.81. The molecule has 0 aliphatic heterocycles. The van der Waals surface area contributed by atoms with Gasteiger partial charge in [-0.2, -0.15) is 5.10 Å². The van der Waals surface area contributed by atoms with Crippen molar-refractivity contribution in [3.63, 3.8) is 0 Å². The first-order valence-corrected chi connectivity index (χ1v) is 3.11.